The van der Waals surface area contributed by atoms with E-state index in [2.05, 4.69) is 34.6 Å². The summed E-state index contributed by atoms with van der Waals surface area (Å²) in [7, 11) is 1.63. The van der Waals surface area contributed by atoms with E-state index in [9.17, 15) is 4.79 Å². The SMILES string of the molecule is COc1cccc(-c2nnc(SCC(=O)Nc3ccc(-c4nc5ccc(C)cc5s4)cc3)n2Cc2ccco2)c1. The zero-order chi connectivity index (χ0) is 27.5. The summed E-state index contributed by atoms with van der Waals surface area (Å²) in [5.74, 6) is 2.19. The lowest BCUT2D eigenvalue weighted by Gasteiger charge is -2.10. The molecule has 0 aliphatic carbocycles. The Morgan fingerprint density at radius 2 is 1.90 bits per heavy atom. The third-order valence-electron chi connectivity index (χ3n) is 6.23. The summed E-state index contributed by atoms with van der Waals surface area (Å²) in [6.45, 7) is 2.51. The molecule has 6 rings (SSSR count). The molecule has 1 N–H and O–H groups in total. The van der Waals surface area contributed by atoms with Gasteiger partial charge in [-0.25, -0.2) is 4.98 Å². The standard InChI is InChI=1S/C30H25N5O3S2/c1-19-8-13-25-26(15-19)40-29(32-25)20-9-11-22(12-10-20)31-27(36)18-39-30-34-33-28(21-5-3-6-23(16-21)37-2)35(30)17-24-7-4-14-38-24/h3-16H,17-18H2,1-2H3,(H,31,36). The predicted molar refractivity (Wildman–Crippen MR) is 159 cm³/mol. The fraction of sp³-hybridized carbons (Fsp3) is 0.133. The van der Waals surface area contributed by atoms with Gasteiger partial charge in [-0.3, -0.25) is 9.36 Å². The summed E-state index contributed by atoms with van der Waals surface area (Å²) in [6.07, 6.45) is 1.63. The molecule has 3 heterocycles. The summed E-state index contributed by atoms with van der Waals surface area (Å²) in [6, 6.07) is 25.4. The molecule has 0 saturated carbocycles. The first-order chi connectivity index (χ1) is 19.6. The fourth-order valence-corrected chi connectivity index (χ4v) is 6.06. The first-order valence-corrected chi connectivity index (χ1v) is 14.4. The molecule has 0 aliphatic heterocycles. The van der Waals surface area contributed by atoms with E-state index in [1.165, 1.54) is 22.0 Å². The van der Waals surface area contributed by atoms with Gasteiger partial charge in [-0.15, -0.1) is 21.5 Å². The van der Waals surface area contributed by atoms with Gasteiger partial charge in [0.2, 0.25) is 5.91 Å². The maximum Gasteiger partial charge on any atom is 0.234 e. The van der Waals surface area contributed by atoms with Crippen LogP contribution in [0.15, 0.2) is 94.7 Å². The van der Waals surface area contributed by atoms with E-state index in [1.54, 1.807) is 24.7 Å². The topological polar surface area (TPSA) is 95.1 Å². The van der Waals surface area contributed by atoms with E-state index in [1.807, 2.05) is 71.3 Å². The molecule has 6 aromatic rings. The number of thioether (sulfide) groups is 1. The van der Waals surface area contributed by atoms with Crippen LogP contribution in [0.4, 0.5) is 5.69 Å². The molecule has 0 saturated heterocycles. The van der Waals surface area contributed by atoms with Crippen LogP contribution in [0.2, 0.25) is 0 Å². The number of hydrogen-bond acceptors (Lipinski definition) is 8. The molecule has 3 aromatic carbocycles. The van der Waals surface area contributed by atoms with Crippen molar-refractivity contribution in [1.29, 1.82) is 0 Å². The van der Waals surface area contributed by atoms with Gasteiger partial charge < -0.3 is 14.5 Å². The normalized spacial score (nSPS) is 11.2. The van der Waals surface area contributed by atoms with Crippen LogP contribution < -0.4 is 10.1 Å². The second kappa shape index (κ2) is 11.4. The molecule has 3 aromatic heterocycles. The lowest BCUT2D eigenvalue weighted by Crippen LogP contribution is -2.14. The van der Waals surface area contributed by atoms with Gasteiger partial charge in [0.05, 0.1) is 35.9 Å². The number of furan rings is 1. The second-order valence-electron chi connectivity index (χ2n) is 9.11. The Morgan fingerprint density at radius 3 is 2.70 bits per heavy atom. The van der Waals surface area contributed by atoms with Gasteiger partial charge in [-0.05, 0) is 73.2 Å². The number of nitrogens with one attached hydrogen (secondary N) is 1. The number of rotatable bonds is 9. The van der Waals surface area contributed by atoms with E-state index in [-0.39, 0.29) is 11.7 Å². The smallest absolute Gasteiger partial charge is 0.234 e. The van der Waals surface area contributed by atoms with Gasteiger partial charge in [0.25, 0.3) is 0 Å². The van der Waals surface area contributed by atoms with Gasteiger partial charge in [0, 0.05) is 16.8 Å². The van der Waals surface area contributed by atoms with Crippen molar-refractivity contribution in [3.05, 3.63) is 96.4 Å². The maximum atomic E-state index is 12.8. The van der Waals surface area contributed by atoms with Gasteiger partial charge in [0.1, 0.15) is 16.5 Å². The number of aryl methyl sites for hydroxylation is 1. The number of carbonyl (C=O) groups excluding carboxylic acids is 1. The Hall–Kier alpha value is -4.41. The van der Waals surface area contributed by atoms with Crippen LogP contribution in [0.3, 0.4) is 0 Å². The fourth-order valence-electron chi connectivity index (χ4n) is 4.25. The van der Waals surface area contributed by atoms with E-state index < -0.39 is 0 Å². The highest BCUT2D eigenvalue weighted by Gasteiger charge is 2.18. The van der Waals surface area contributed by atoms with Crippen molar-refractivity contribution in [3.8, 4) is 27.7 Å². The highest BCUT2D eigenvalue weighted by molar-refractivity contribution is 7.99. The number of amides is 1. The molecule has 0 unspecified atom stereocenters. The highest BCUT2D eigenvalue weighted by Crippen LogP contribution is 2.32. The average molecular weight is 568 g/mol. The van der Waals surface area contributed by atoms with E-state index in [0.29, 0.717) is 17.5 Å². The molecular formula is C30H25N5O3S2. The van der Waals surface area contributed by atoms with E-state index >= 15 is 0 Å². The Morgan fingerprint density at radius 1 is 1.02 bits per heavy atom. The van der Waals surface area contributed by atoms with Crippen molar-refractivity contribution in [3.63, 3.8) is 0 Å². The molecule has 0 atom stereocenters. The van der Waals surface area contributed by atoms with Gasteiger partial charge in [-0.2, -0.15) is 0 Å². The van der Waals surface area contributed by atoms with Crippen LogP contribution in [-0.2, 0) is 11.3 Å². The lowest BCUT2D eigenvalue weighted by molar-refractivity contribution is -0.113. The number of methoxy groups -OCH3 is 1. The Balaban J connectivity index is 1.15. The van der Waals surface area contributed by atoms with Gasteiger partial charge in [-0.1, -0.05) is 30.0 Å². The quantitative estimate of drug-likeness (QED) is 0.190. The lowest BCUT2D eigenvalue weighted by atomic mass is 10.2. The minimum atomic E-state index is -0.135. The van der Waals surface area contributed by atoms with Crippen LogP contribution in [0.5, 0.6) is 5.75 Å². The average Bonchev–Trinajstić information content (AvgIpc) is 3.73. The molecule has 200 valence electrons. The van der Waals surface area contributed by atoms with Crippen LogP contribution >= 0.6 is 23.1 Å². The van der Waals surface area contributed by atoms with Crippen molar-refractivity contribution in [1.82, 2.24) is 19.7 Å². The maximum absolute atomic E-state index is 12.8. The summed E-state index contributed by atoms with van der Waals surface area (Å²) in [5, 5.41) is 13.4. The molecule has 1 amide bonds. The molecule has 0 fully saturated rings. The van der Waals surface area contributed by atoms with Crippen molar-refractivity contribution in [2.75, 3.05) is 18.2 Å². The number of aromatic nitrogens is 4. The summed E-state index contributed by atoms with van der Waals surface area (Å²) < 4.78 is 14.1. The molecule has 0 spiro atoms. The van der Waals surface area contributed by atoms with Crippen molar-refractivity contribution in [2.24, 2.45) is 0 Å². The monoisotopic (exact) mass is 567 g/mol. The molecule has 0 bridgehead atoms. The Labute approximate surface area is 239 Å². The van der Waals surface area contributed by atoms with Crippen molar-refractivity contribution in [2.45, 2.75) is 18.6 Å². The number of anilines is 1. The largest absolute Gasteiger partial charge is 0.497 e. The van der Waals surface area contributed by atoms with Crippen LogP contribution in [-0.4, -0.2) is 38.5 Å². The van der Waals surface area contributed by atoms with Crippen LogP contribution in [0.25, 0.3) is 32.2 Å². The molecule has 40 heavy (non-hydrogen) atoms. The molecule has 0 radical (unpaired) electrons. The van der Waals surface area contributed by atoms with Crippen molar-refractivity contribution < 1.29 is 13.9 Å². The summed E-state index contributed by atoms with van der Waals surface area (Å²) >= 11 is 2.99. The minimum Gasteiger partial charge on any atom is -0.497 e. The Bertz CT molecular complexity index is 1780. The number of thiazole rings is 1. The first-order valence-electron chi connectivity index (χ1n) is 12.6. The Kier molecular flexibility index (Phi) is 7.35. The summed E-state index contributed by atoms with van der Waals surface area (Å²) in [4.78, 5) is 17.6. The third kappa shape index (κ3) is 5.63. The molecule has 0 aliphatic rings. The number of nitrogens with zero attached hydrogens (tertiary/aromatic N) is 4. The zero-order valence-electron chi connectivity index (χ0n) is 21.8. The molecule has 10 heteroatoms. The second-order valence-corrected chi connectivity index (χ2v) is 11.1. The van der Waals surface area contributed by atoms with Gasteiger partial charge in [0.15, 0.2) is 11.0 Å². The number of fused-ring (bicyclic) bond motifs is 1. The first kappa shape index (κ1) is 25.8. The minimum absolute atomic E-state index is 0.135. The van der Waals surface area contributed by atoms with E-state index in [0.717, 1.165) is 38.8 Å². The molecular weight excluding hydrogens is 542 g/mol. The van der Waals surface area contributed by atoms with Gasteiger partial charge >= 0.3 is 0 Å². The van der Waals surface area contributed by atoms with Crippen LogP contribution in [0, 0.1) is 6.92 Å². The van der Waals surface area contributed by atoms with Crippen LogP contribution in [0.1, 0.15) is 11.3 Å². The number of hydrogen-bond donors (Lipinski definition) is 1. The zero-order valence-corrected chi connectivity index (χ0v) is 23.5. The summed E-state index contributed by atoms with van der Waals surface area (Å²) in [5.41, 5.74) is 4.81. The number of carbonyl (C=O) groups is 1. The van der Waals surface area contributed by atoms with Crippen molar-refractivity contribution >= 4 is 44.9 Å². The molecule has 8 nitrogen and oxygen atoms in total. The predicted octanol–water partition coefficient (Wildman–Crippen LogP) is 6.91. The highest BCUT2D eigenvalue weighted by atomic mass is 32.2. The van der Waals surface area contributed by atoms with E-state index in [4.69, 9.17) is 14.1 Å². The third-order valence-corrected chi connectivity index (χ3v) is 8.26. The number of benzene rings is 3. The number of ether oxygens (including phenoxy) is 1.